The SMILES string of the molecule is CS(=O)(=O)N1[C@H]2CC[C@H]1CC(NC(=O)c1cnn(-c3ccccc3)n1)C2. The van der Waals surface area contributed by atoms with Gasteiger partial charge in [0.15, 0.2) is 5.69 Å². The molecule has 1 amide bonds. The summed E-state index contributed by atoms with van der Waals surface area (Å²) >= 11 is 0. The number of piperidine rings is 1. The Balaban J connectivity index is 1.43. The van der Waals surface area contributed by atoms with Gasteiger partial charge in [0.25, 0.3) is 5.91 Å². The molecule has 2 bridgehead atoms. The zero-order valence-corrected chi connectivity index (χ0v) is 15.3. The van der Waals surface area contributed by atoms with Crippen LogP contribution < -0.4 is 5.32 Å². The van der Waals surface area contributed by atoms with E-state index in [9.17, 15) is 13.2 Å². The lowest BCUT2D eigenvalue weighted by atomic mass is 9.99. The van der Waals surface area contributed by atoms with E-state index in [4.69, 9.17) is 0 Å². The molecule has 1 aromatic carbocycles. The first-order valence-electron chi connectivity index (χ1n) is 8.69. The minimum Gasteiger partial charge on any atom is -0.348 e. The van der Waals surface area contributed by atoms with Crippen LogP contribution in [0.15, 0.2) is 36.5 Å². The second-order valence-electron chi connectivity index (χ2n) is 6.97. The van der Waals surface area contributed by atoms with Crippen molar-refractivity contribution in [3.8, 4) is 5.69 Å². The van der Waals surface area contributed by atoms with E-state index in [1.165, 1.54) is 17.2 Å². The second-order valence-corrected chi connectivity index (χ2v) is 8.86. The first-order chi connectivity index (χ1) is 12.4. The number of aromatic nitrogens is 3. The maximum absolute atomic E-state index is 12.5. The van der Waals surface area contributed by atoms with Crippen LogP contribution in [-0.4, -0.2) is 58.0 Å². The third kappa shape index (κ3) is 3.24. The van der Waals surface area contributed by atoms with E-state index >= 15 is 0 Å². The largest absolute Gasteiger partial charge is 0.348 e. The molecule has 2 aromatic rings. The Morgan fingerprint density at radius 1 is 1.15 bits per heavy atom. The van der Waals surface area contributed by atoms with Gasteiger partial charge in [-0.3, -0.25) is 4.79 Å². The van der Waals surface area contributed by atoms with Crippen LogP contribution in [0.1, 0.15) is 36.2 Å². The number of carbonyl (C=O) groups is 1. The molecule has 0 saturated carbocycles. The van der Waals surface area contributed by atoms with Gasteiger partial charge in [-0.1, -0.05) is 18.2 Å². The van der Waals surface area contributed by atoms with E-state index in [0.717, 1.165) is 18.5 Å². The topological polar surface area (TPSA) is 97.2 Å². The highest BCUT2D eigenvalue weighted by Gasteiger charge is 2.45. The highest BCUT2D eigenvalue weighted by atomic mass is 32.2. The number of nitrogens with zero attached hydrogens (tertiary/aromatic N) is 4. The Labute approximate surface area is 152 Å². The van der Waals surface area contributed by atoms with Crippen molar-refractivity contribution in [2.45, 2.75) is 43.8 Å². The highest BCUT2D eigenvalue weighted by Crippen LogP contribution is 2.37. The molecule has 0 aliphatic carbocycles. The van der Waals surface area contributed by atoms with Crippen molar-refractivity contribution in [3.05, 3.63) is 42.2 Å². The van der Waals surface area contributed by atoms with Crippen LogP contribution in [0.2, 0.25) is 0 Å². The Morgan fingerprint density at radius 2 is 1.81 bits per heavy atom. The van der Waals surface area contributed by atoms with Crippen LogP contribution in [0.25, 0.3) is 5.69 Å². The van der Waals surface area contributed by atoms with Gasteiger partial charge in [0.05, 0.1) is 18.1 Å². The van der Waals surface area contributed by atoms with Gasteiger partial charge in [0, 0.05) is 18.1 Å². The summed E-state index contributed by atoms with van der Waals surface area (Å²) in [7, 11) is -3.20. The van der Waals surface area contributed by atoms with Crippen LogP contribution >= 0.6 is 0 Å². The summed E-state index contributed by atoms with van der Waals surface area (Å²) in [5.74, 6) is -0.274. The molecule has 1 aromatic heterocycles. The molecule has 8 nitrogen and oxygen atoms in total. The van der Waals surface area contributed by atoms with E-state index in [1.807, 2.05) is 30.3 Å². The predicted octanol–water partition coefficient (Wildman–Crippen LogP) is 0.952. The molecular formula is C17H21N5O3S. The molecule has 0 spiro atoms. The molecule has 3 heterocycles. The number of para-hydroxylation sites is 1. The first-order valence-corrected chi connectivity index (χ1v) is 10.5. The Kier molecular flexibility index (Phi) is 4.28. The molecule has 0 unspecified atom stereocenters. The summed E-state index contributed by atoms with van der Waals surface area (Å²) in [5, 5.41) is 11.4. The van der Waals surface area contributed by atoms with Gasteiger partial charge in [-0.05, 0) is 37.8 Å². The molecule has 9 heteroatoms. The van der Waals surface area contributed by atoms with Crippen molar-refractivity contribution in [2.24, 2.45) is 0 Å². The second kappa shape index (κ2) is 6.48. The number of nitrogens with one attached hydrogen (secondary N) is 1. The molecule has 2 atom stereocenters. The van der Waals surface area contributed by atoms with Crippen molar-refractivity contribution in [1.29, 1.82) is 0 Å². The fourth-order valence-electron chi connectivity index (χ4n) is 4.11. The summed E-state index contributed by atoms with van der Waals surface area (Å²) in [6.45, 7) is 0. The van der Waals surface area contributed by atoms with Crippen LogP contribution in [0, 0.1) is 0 Å². The summed E-state index contributed by atoms with van der Waals surface area (Å²) in [5.41, 5.74) is 1.04. The molecule has 138 valence electrons. The van der Waals surface area contributed by atoms with Gasteiger partial charge in [0.2, 0.25) is 10.0 Å². The molecule has 1 N–H and O–H groups in total. The van der Waals surface area contributed by atoms with E-state index in [1.54, 1.807) is 4.31 Å². The van der Waals surface area contributed by atoms with Gasteiger partial charge in [-0.15, -0.1) is 5.10 Å². The lowest BCUT2D eigenvalue weighted by molar-refractivity contribution is 0.0904. The fourth-order valence-corrected chi connectivity index (χ4v) is 5.57. The molecular weight excluding hydrogens is 354 g/mol. The van der Waals surface area contributed by atoms with Crippen molar-refractivity contribution < 1.29 is 13.2 Å². The quantitative estimate of drug-likeness (QED) is 0.858. The van der Waals surface area contributed by atoms with Crippen molar-refractivity contribution in [2.75, 3.05) is 6.26 Å². The normalized spacial score (nSPS) is 26.0. The molecule has 4 rings (SSSR count). The standard InChI is InChI=1S/C17H21N5O3S/c1-26(24,25)21-14-7-8-15(21)10-12(9-14)19-17(23)16-11-18-22(20-16)13-5-3-2-4-6-13/h2-6,11-12,14-15H,7-10H2,1H3,(H,19,23)/t14-,15-/m0/s1. The summed E-state index contributed by atoms with van der Waals surface area (Å²) < 4.78 is 25.5. The number of sulfonamides is 1. The van der Waals surface area contributed by atoms with Gasteiger partial charge >= 0.3 is 0 Å². The molecule has 0 radical (unpaired) electrons. The summed E-state index contributed by atoms with van der Waals surface area (Å²) in [4.78, 5) is 13.9. The zero-order valence-electron chi connectivity index (χ0n) is 14.4. The Bertz CT molecular complexity index is 897. The minimum absolute atomic E-state index is 0.0194. The number of hydrogen-bond donors (Lipinski definition) is 1. The lowest BCUT2D eigenvalue weighted by Gasteiger charge is -2.37. The van der Waals surface area contributed by atoms with E-state index in [0.29, 0.717) is 12.8 Å². The zero-order chi connectivity index (χ0) is 18.3. The van der Waals surface area contributed by atoms with Gasteiger partial charge in [-0.2, -0.15) is 14.2 Å². The fraction of sp³-hybridized carbons (Fsp3) is 0.471. The number of carbonyl (C=O) groups excluding carboxylic acids is 1. The average molecular weight is 375 g/mol. The predicted molar refractivity (Wildman–Crippen MR) is 95.3 cm³/mol. The molecule has 26 heavy (non-hydrogen) atoms. The minimum atomic E-state index is -3.20. The maximum atomic E-state index is 12.5. The molecule has 2 saturated heterocycles. The average Bonchev–Trinajstić information content (AvgIpc) is 3.19. The van der Waals surface area contributed by atoms with Gasteiger partial charge in [-0.25, -0.2) is 8.42 Å². The number of rotatable bonds is 4. The maximum Gasteiger partial charge on any atom is 0.273 e. The summed E-state index contributed by atoms with van der Waals surface area (Å²) in [6, 6.07) is 9.30. The smallest absolute Gasteiger partial charge is 0.273 e. The van der Waals surface area contributed by atoms with E-state index in [2.05, 4.69) is 15.5 Å². The number of fused-ring (bicyclic) bond motifs is 2. The van der Waals surface area contributed by atoms with Crippen LogP contribution in [0.5, 0.6) is 0 Å². The molecule has 2 fully saturated rings. The third-order valence-electron chi connectivity index (χ3n) is 5.10. The number of amides is 1. The van der Waals surface area contributed by atoms with E-state index in [-0.39, 0.29) is 29.7 Å². The molecule has 2 aliphatic rings. The van der Waals surface area contributed by atoms with E-state index < -0.39 is 10.0 Å². The monoisotopic (exact) mass is 375 g/mol. The number of hydrogen-bond acceptors (Lipinski definition) is 5. The Morgan fingerprint density at radius 3 is 2.42 bits per heavy atom. The first kappa shape index (κ1) is 17.2. The number of benzene rings is 1. The Hall–Kier alpha value is -2.26. The van der Waals surface area contributed by atoms with Gasteiger partial charge in [0.1, 0.15) is 0 Å². The van der Waals surface area contributed by atoms with Crippen molar-refractivity contribution in [3.63, 3.8) is 0 Å². The highest BCUT2D eigenvalue weighted by molar-refractivity contribution is 7.88. The van der Waals surface area contributed by atoms with Crippen LogP contribution in [0.3, 0.4) is 0 Å². The van der Waals surface area contributed by atoms with Crippen LogP contribution in [-0.2, 0) is 10.0 Å². The van der Waals surface area contributed by atoms with Crippen molar-refractivity contribution >= 4 is 15.9 Å². The van der Waals surface area contributed by atoms with Crippen molar-refractivity contribution in [1.82, 2.24) is 24.6 Å². The summed E-state index contributed by atoms with van der Waals surface area (Å²) in [6.07, 6.45) is 5.70. The van der Waals surface area contributed by atoms with Gasteiger partial charge < -0.3 is 5.32 Å². The molecule has 2 aliphatic heterocycles. The van der Waals surface area contributed by atoms with Crippen LogP contribution in [0.4, 0.5) is 0 Å². The third-order valence-corrected chi connectivity index (χ3v) is 6.46. The lowest BCUT2D eigenvalue weighted by Crippen LogP contribution is -2.52.